The number of benzene rings is 2. The first-order valence-electron chi connectivity index (χ1n) is 12.1. The first-order chi connectivity index (χ1) is 16.9. The number of sulfonamides is 1. The minimum Gasteiger partial charge on any atom is -0.440 e. The largest absolute Gasteiger partial charge is 0.440 e. The number of carbonyl (C=O) groups excluding carboxylic acids is 1. The Morgan fingerprint density at radius 2 is 1.78 bits per heavy atom. The molecular weight excluding hydrogens is 478 g/mol. The number of rotatable bonds is 6. The van der Waals surface area contributed by atoms with Crippen LogP contribution in [0, 0.1) is 12.3 Å². The zero-order valence-corrected chi connectivity index (χ0v) is 22.2. The van der Waals surface area contributed by atoms with Crippen molar-refractivity contribution < 1.29 is 17.6 Å². The van der Waals surface area contributed by atoms with Crippen molar-refractivity contribution in [3.05, 3.63) is 63.8 Å². The van der Waals surface area contributed by atoms with Crippen molar-refractivity contribution in [1.29, 1.82) is 0 Å². The fourth-order valence-electron chi connectivity index (χ4n) is 4.61. The van der Waals surface area contributed by atoms with Gasteiger partial charge in [0.2, 0.25) is 5.91 Å². The van der Waals surface area contributed by atoms with Crippen LogP contribution in [0.25, 0.3) is 11.0 Å². The molecule has 8 nitrogen and oxygen atoms in total. The molecule has 1 aromatic heterocycles. The molecule has 0 bridgehead atoms. The summed E-state index contributed by atoms with van der Waals surface area (Å²) in [6, 6.07) is 11.3. The van der Waals surface area contributed by atoms with Gasteiger partial charge in [-0.3, -0.25) is 9.59 Å². The number of hydrogen-bond donors (Lipinski definition) is 2. The summed E-state index contributed by atoms with van der Waals surface area (Å²) in [5, 5.41) is 3.73. The van der Waals surface area contributed by atoms with Gasteiger partial charge in [-0.1, -0.05) is 32.0 Å². The average molecular weight is 512 g/mol. The number of carbonyl (C=O) groups is 1. The van der Waals surface area contributed by atoms with Gasteiger partial charge in [-0.2, -0.15) is 0 Å². The van der Waals surface area contributed by atoms with Gasteiger partial charge in [0.25, 0.3) is 10.0 Å². The molecule has 0 saturated carbocycles. The lowest BCUT2D eigenvalue weighted by Crippen LogP contribution is -2.37. The maximum atomic E-state index is 13.1. The first kappa shape index (κ1) is 25.8. The van der Waals surface area contributed by atoms with Crippen LogP contribution in [0.5, 0.6) is 0 Å². The molecule has 9 heteroatoms. The quantitative estimate of drug-likeness (QED) is 0.493. The van der Waals surface area contributed by atoms with Gasteiger partial charge >= 0.3 is 0 Å². The lowest BCUT2D eigenvalue weighted by atomic mass is 9.83. The summed E-state index contributed by atoms with van der Waals surface area (Å²) in [4.78, 5) is 26.6. The number of fused-ring (bicyclic) bond motifs is 1. The Morgan fingerprint density at radius 1 is 1.11 bits per heavy atom. The highest BCUT2D eigenvalue weighted by Crippen LogP contribution is 2.35. The van der Waals surface area contributed by atoms with Crippen molar-refractivity contribution in [2.75, 3.05) is 23.3 Å². The topological polar surface area (TPSA) is 109 Å². The second-order valence-corrected chi connectivity index (χ2v) is 12.0. The van der Waals surface area contributed by atoms with Crippen LogP contribution in [0.4, 0.5) is 11.6 Å². The zero-order chi connectivity index (χ0) is 26.3. The fourth-order valence-corrected chi connectivity index (χ4v) is 5.77. The minimum atomic E-state index is -4.05. The van der Waals surface area contributed by atoms with E-state index in [1.807, 2.05) is 30.7 Å². The van der Waals surface area contributed by atoms with Crippen LogP contribution in [0.3, 0.4) is 0 Å². The summed E-state index contributed by atoms with van der Waals surface area (Å²) < 4.78 is 33.8. The van der Waals surface area contributed by atoms with Gasteiger partial charge in [0.15, 0.2) is 11.3 Å². The van der Waals surface area contributed by atoms with Crippen LogP contribution < -0.4 is 20.4 Å². The number of aryl methyl sites for hydroxylation is 1. The summed E-state index contributed by atoms with van der Waals surface area (Å²) in [5.74, 6) is -0.119. The third-order valence-electron chi connectivity index (χ3n) is 6.71. The van der Waals surface area contributed by atoms with Crippen molar-refractivity contribution in [2.45, 2.75) is 58.4 Å². The highest BCUT2D eigenvalue weighted by Gasteiger charge is 2.27. The predicted octanol–water partition coefficient (Wildman–Crippen LogP) is 4.73. The molecule has 1 aliphatic heterocycles. The van der Waals surface area contributed by atoms with Crippen LogP contribution in [0.1, 0.15) is 57.7 Å². The number of para-hydroxylation sites is 1. The van der Waals surface area contributed by atoms with Gasteiger partial charge in [-0.25, -0.2) is 13.1 Å². The molecule has 36 heavy (non-hydrogen) atoms. The summed E-state index contributed by atoms with van der Waals surface area (Å²) in [7, 11) is -4.05. The number of piperidine rings is 1. The summed E-state index contributed by atoms with van der Waals surface area (Å²) >= 11 is 0. The van der Waals surface area contributed by atoms with Crippen molar-refractivity contribution >= 4 is 38.5 Å². The van der Waals surface area contributed by atoms with Crippen LogP contribution in [0.2, 0.25) is 0 Å². The van der Waals surface area contributed by atoms with E-state index in [0.29, 0.717) is 22.5 Å². The third-order valence-corrected chi connectivity index (χ3v) is 8.20. The number of hydrogen-bond acceptors (Lipinski definition) is 7. The maximum absolute atomic E-state index is 13.1. The van der Waals surface area contributed by atoms with Crippen LogP contribution in [-0.4, -0.2) is 27.4 Å². The molecule has 2 aromatic carbocycles. The number of nitrogens with one attached hydrogen (secondary N) is 2. The Labute approximate surface area is 211 Å². The molecule has 1 amide bonds. The van der Waals surface area contributed by atoms with Crippen LogP contribution >= 0.6 is 0 Å². The predicted molar refractivity (Wildman–Crippen MR) is 142 cm³/mol. The lowest BCUT2D eigenvalue weighted by molar-refractivity contribution is -0.117. The summed E-state index contributed by atoms with van der Waals surface area (Å²) in [6.07, 6.45) is 2.01. The van der Waals surface area contributed by atoms with E-state index in [1.54, 1.807) is 24.3 Å². The van der Waals surface area contributed by atoms with Gasteiger partial charge < -0.3 is 14.6 Å². The van der Waals surface area contributed by atoms with Crippen LogP contribution in [0.15, 0.2) is 56.6 Å². The number of amides is 1. The molecule has 0 spiro atoms. The van der Waals surface area contributed by atoms with Gasteiger partial charge in [-0.05, 0) is 55.9 Å². The van der Waals surface area contributed by atoms with Crippen molar-refractivity contribution in [3.63, 3.8) is 0 Å². The molecule has 1 atom stereocenters. The number of anilines is 2. The SMILES string of the molecule is CC(=O)NS(=O)(=O)c1ccccc1NC(C)c1cc(C)cc2c(=O)cc(N3CCC(C)(C)CC3)oc12. The molecule has 3 aromatic rings. The summed E-state index contributed by atoms with van der Waals surface area (Å²) in [6.45, 7) is 11.1. The molecule has 192 valence electrons. The average Bonchev–Trinajstić information content (AvgIpc) is 2.78. The van der Waals surface area contributed by atoms with E-state index >= 15 is 0 Å². The molecule has 0 aliphatic carbocycles. The van der Waals surface area contributed by atoms with Crippen molar-refractivity contribution in [1.82, 2.24) is 4.72 Å². The molecule has 1 fully saturated rings. The first-order valence-corrected chi connectivity index (χ1v) is 13.6. The van der Waals surface area contributed by atoms with Gasteiger partial charge in [0.1, 0.15) is 10.5 Å². The molecule has 1 unspecified atom stereocenters. The van der Waals surface area contributed by atoms with E-state index in [9.17, 15) is 18.0 Å². The van der Waals surface area contributed by atoms with Gasteiger partial charge in [0.05, 0.1) is 17.1 Å². The highest BCUT2D eigenvalue weighted by atomic mass is 32.2. The molecule has 2 heterocycles. The van der Waals surface area contributed by atoms with Gasteiger partial charge in [0, 0.05) is 31.6 Å². The molecule has 2 N–H and O–H groups in total. The second-order valence-electron chi connectivity index (χ2n) is 10.4. The Bertz CT molecular complexity index is 1470. The standard InChI is InChI=1S/C27H33N3O5S/c1-17-14-20(18(2)28-22-8-6-7-9-24(22)36(33,34)29-19(3)31)26-21(15-17)23(32)16-25(35-26)30-12-10-27(4,5)11-13-30/h6-9,14-16,18,28H,10-13H2,1-5H3,(H,29,31). The molecule has 1 saturated heterocycles. The van der Waals surface area contributed by atoms with Crippen molar-refractivity contribution in [2.24, 2.45) is 5.41 Å². The van der Waals surface area contributed by atoms with E-state index in [-0.39, 0.29) is 15.7 Å². The normalized spacial score (nSPS) is 16.5. The van der Waals surface area contributed by atoms with E-state index in [0.717, 1.165) is 44.0 Å². The monoisotopic (exact) mass is 511 g/mol. The highest BCUT2D eigenvalue weighted by molar-refractivity contribution is 7.90. The lowest BCUT2D eigenvalue weighted by Gasteiger charge is -2.37. The molecule has 0 radical (unpaired) electrons. The van der Waals surface area contributed by atoms with E-state index in [4.69, 9.17) is 4.42 Å². The van der Waals surface area contributed by atoms with E-state index in [2.05, 4.69) is 24.1 Å². The second kappa shape index (κ2) is 9.61. The van der Waals surface area contributed by atoms with Crippen LogP contribution in [-0.2, 0) is 14.8 Å². The number of nitrogens with zero attached hydrogens (tertiary/aromatic N) is 1. The maximum Gasteiger partial charge on any atom is 0.266 e. The molecule has 4 rings (SSSR count). The Hall–Kier alpha value is -3.33. The third kappa shape index (κ3) is 5.41. The van der Waals surface area contributed by atoms with E-state index < -0.39 is 22.0 Å². The molecule has 1 aliphatic rings. The zero-order valence-electron chi connectivity index (χ0n) is 21.3. The fraction of sp³-hybridized carbons (Fsp3) is 0.407. The Balaban J connectivity index is 1.74. The summed E-state index contributed by atoms with van der Waals surface area (Å²) in [5.41, 5.74) is 2.61. The smallest absolute Gasteiger partial charge is 0.266 e. The Morgan fingerprint density at radius 3 is 2.44 bits per heavy atom. The minimum absolute atomic E-state index is 0.0397. The van der Waals surface area contributed by atoms with Gasteiger partial charge in [-0.15, -0.1) is 0 Å². The Kier molecular flexibility index (Phi) is 6.88. The van der Waals surface area contributed by atoms with E-state index in [1.165, 1.54) is 6.07 Å². The van der Waals surface area contributed by atoms with Crippen molar-refractivity contribution in [3.8, 4) is 0 Å². The molecular formula is C27H33N3O5S.